The molecule has 2 aromatic carbocycles. The lowest BCUT2D eigenvalue weighted by atomic mass is 9.80. The molecule has 4 rings (SSSR count). The molecule has 2 fully saturated rings. The summed E-state index contributed by atoms with van der Waals surface area (Å²) in [5.74, 6) is -0.285. The van der Waals surface area contributed by atoms with Crippen LogP contribution in [0.15, 0.2) is 48.5 Å². The Balaban J connectivity index is 1.25. The van der Waals surface area contributed by atoms with Crippen LogP contribution >= 0.6 is 0 Å². The quantitative estimate of drug-likeness (QED) is 0.535. The highest BCUT2D eigenvalue weighted by Gasteiger charge is 2.33. The van der Waals surface area contributed by atoms with Gasteiger partial charge in [-0.15, -0.1) is 0 Å². The van der Waals surface area contributed by atoms with E-state index in [9.17, 15) is 9.59 Å². The highest BCUT2D eigenvalue weighted by Crippen LogP contribution is 2.33. The van der Waals surface area contributed by atoms with Gasteiger partial charge in [-0.25, -0.2) is 0 Å². The fraction of sp³-hybridized carbons (Fsp3) is 0.481. The van der Waals surface area contributed by atoms with Crippen LogP contribution in [0.2, 0.25) is 0 Å². The third-order valence-corrected chi connectivity index (χ3v) is 7.16. The van der Waals surface area contributed by atoms with Gasteiger partial charge in [0, 0.05) is 18.2 Å². The van der Waals surface area contributed by atoms with Crippen molar-refractivity contribution in [2.24, 2.45) is 5.92 Å². The number of benzene rings is 2. The number of rotatable bonds is 8. The van der Waals surface area contributed by atoms with Crippen molar-refractivity contribution in [1.29, 1.82) is 0 Å². The van der Waals surface area contributed by atoms with Gasteiger partial charge >= 0.3 is 5.97 Å². The second-order valence-corrected chi connectivity index (χ2v) is 9.48. The summed E-state index contributed by atoms with van der Waals surface area (Å²) in [4.78, 5) is 23.6. The van der Waals surface area contributed by atoms with E-state index >= 15 is 0 Å². The molecule has 170 valence electrons. The average Bonchev–Trinajstić information content (AvgIpc) is 2.79. The molecule has 2 aromatic rings. The number of carbonyl (C=O) groups excluding carboxylic acids is 1. The Kier molecular flexibility index (Phi) is 7.26. The zero-order valence-electron chi connectivity index (χ0n) is 18.8. The molecular weight excluding hydrogens is 400 g/mol. The van der Waals surface area contributed by atoms with Crippen LogP contribution in [0.4, 0.5) is 0 Å². The van der Waals surface area contributed by atoms with Crippen molar-refractivity contribution in [1.82, 2.24) is 10.6 Å². The van der Waals surface area contributed by atoms with Crippen LogP contribution in [-0.4, -0.2) is 23.0 Å². The number of aliphatic carboxylic acids is 1. The zero-order valence-corrected chi connectivity index (χ0v) is 18.8. The molecule has 1 unspecified atom stereocenters. The first-order chi connectivity index (χ1) is 15.5. The van der Waals surface area contributed by atoms with Crippen molar-refractivity contribution in [3.8, 4) is 0 Å². The van der Waals surface area contributed by atoms with E-state index in [1.54, 1.807) is 0 Å². The molecule has 0 aromatic heterocycles. The van der Waals surface area contributed by atoms with Crippen LogP contribution in [0.5, 0.6) is 0 Å². The van der Waals surface area contributed by atoms with Crippen molar-refractivity contribution in [3.63, 3.8) is 0 Å². The van der Waals surface area contributed by atoms with Crippen LogP contribution in [0.1, 0.15) is 90.9 Å². The monoisotopic (exact) mass is 434 g/mol. The van der Waals surface area contributed by atoms with Gasteiger partial charge in [0.15, 0.2) is 0 Å². The number of carbonyl (C=O) groups is 2. The predicted octanol–water partition coefficient (Wildman–Crippen LogP) is 5.18. The zero-order chi connectivity index (χ0) is 22.5. The highest BCUT2D eigenvalue weighted by atomic mass is 16.4. The van der Waals surface area contributed by atoms with Gasteiger partial charge in [-0.1, -0.05) is 55.7 Å². The van der Waals surface area contributed by atoms with Crippen LogP contribution < -0.4 is 10.6 Å². The van der Waals surface area contributed by atoms with Gasteiger partial charge < -0.3 is 15.7 Å². The summed E-state index contributed by atoms with van der Waals surface area (Å²) in [5.41, 5.74) is 4.29. The van der Waals surface area contributed by atoms with Gasteiger partial charge in [0.05, 0.1) is 12.0 Å². The van der Waals surface area contributed by atoms with E-state index in [4.69, 9.17) is 5.11 Å². The van der Waals surface area contributed by atoms with Gasteiger partial charge in [-0.05, 0) is 67.3 Å². The minimum absolute atomic E-state index is 0.0509. The normalized spacial score (nSPS) is 22.0. The molecule has 5 nitrogen and oxygen atoms in total. The molecule has 2 aliphatic carbocycles. The van der Waals surface area contributed by atoms with E-state index in [-0.39, 0.29) is 23.9 Å². The third kappa shape index (κ3) is 5.57. The Bertz CT molecular complexity index is 911. The first-order valence-electron chi connectivity index (χ1n) is 12.0. The molecular formula is C27H34N2O3. The maximum Gasteiger partial charge on any atom is 0.306 e. The number of hydrogen-bond acceptors (Lipinski definition) is 3. The van der Waals surface area contributed by atoms with Crippen LogP contribution in [-0.2, 0) is 11.3 Å². The second-order valence-electron chi connectivity index (χ2n) is 9.48. The summed E-state index contributed by atoms with van der Waals surface area (Å²) in [7, 11) is 0. The standard InChI is InChI=1S/C27H34N2O3/c1-18(20-11-13-22(14-12-20)21-5-3-2-4-6-21)29-26(30)23-9-7-19(8-10-23)17-28-25-15-24(16-25)27(31)32/h7-14,18,21,24-25,28H,2-6,15-17H2,1H3,(H,29,30)(H,31,32). The first-order valence-corrected chi connectivity index (χ1v) is 12.0. The van der Waals surface area contributed by atoms with Gasteiger partial charge in [-0.3, -0.25) is 9.59 Å². The van der Waals surface area contributed by atoms with E-state index < -0.39 is 5.97 Å². The minimum atomic E-state index is -0.701. The summed E-state index contributed by atoms with van der Waals surface area (Å²) in [6, 6.07) is 16.6. The number of carboxylic acid groups (broad SMARTS) is 1. The fourth-order valence-electron chi connectivity index (χ4n) is 4.88. The highest BCUT2D eigenvalue weighted by molar-refractivity contribution is 5.94. The Morgan fingerprint density at radius 1 is 0.969 bits per heavy atom. The molecule has 0 radical (unpaired) electrons. The lowest BCUT2D eigenvalue weighted by Crippen LogP contribution is -2.43. The summed E-state index contributed by atoms with van der Waals surface area (Å²) in [6.45, 7) is 2.71. The molecule has 0 bridgehead atoms. The fourth-order valence-corrected chi connectivity index (χ4v) is 4.88. The maximum absolute atomic E-state index is 12.7. The minimum Gasteiger partial charge on any atom is -0.481 e. The van der Waals surface area contributed by atoms with Crippen molar-refractivity contribution in [2.75, 3.05) is 0 Å². The van der Waals surface area contributed by atoms with Crippen molar-refractivity contribution in [2.45, 2.75) is 76.4 Å². The maximum atomic E-state index is 12.7. The molecule has 0 heterocycles. The van der Waals surface area contributed by atoms with E-state index in [1.165, 1.54) is 37.7 Å². The Morgan fingerprint density at radius 2 is 1.62 bits per heavy atom. The van der Waals surface area contributed by atoms with Crippen molar-refractivity contribution >= 4 is 11.9 Å². The number of nitrogens with one attached hydrogen (secondary N) is 2. The third-order valence-electron chi connectivity index (χ3n) is 7.16. The number of carboxylic acids is 1. The second kappa shape index (κ2) is 10.3. The molecule has 1 amide bonds. The van der Waals surface area contributed by atoms with E-state index in [2.05, 4.69) is 34.9 Å². The molecule has 32 heavy (non-hydrogen) atoms. The largest absolute Gasteiger partial charge is 0.481 e. The Morgan fingerprint density at radius 3 is 2.25 bits per heavy atom. The van der Waals surface area contributed by atoms with Crippen LogP contribution in [0, 0.1) is 5.92 Å². The van der Waals surface area contributed by atoms with Crippen molar-refractivity contribution < 1.29 is 14.7 Å². The molecule has 0 spiro atoms. The predicted molar refractivity (Wildman–Crippen MR) is 126 cm³/mol. The van der Waals surface area contributed by atoms with Crippen molar-refractivity contribution in [3.05, 3.63) is 70.8 Å². The van der Waals surface area contributed by atoms with Gasteiger partial charge in [0.25, 0.3) is 5.91 Å². The molecule has 1 atom stereocenters. The van der Waals surface area contributed by atoms with Gasteiger partial charge in [-0.2, -0.15) is 0 Å². The SMILES string of the molecule is CC(NC(=O)c1ccc(CNC2CC(C(=O)O)C2)cc1)c1ccc(C2CCCCC2)cc1. The Labute approximate surface area is 190 Å². The average molecular weight is 435 g/mol. The van der Waals surface area contributed by atoms with Crippen LogP contribution in [0.25, 0.3) is 0 Å². The summed E-state index contributed by atoms with van der Waals surface area (Å²) < 4.78 is 0. The molecule has 2 saturated carbocycles. The smallest absolute Gasteiger partial charge is 0.306 e. The lowest BCUT2D eigenvalue weighted by molar-refractivity contribution is -0.145. The lowest BCUT2D eigenvalue weighted by Gasteiger charge is -2.33. The molecule has 2 aliphatic rings. The molecule has 0 saturated heterocycles. The van der Waals surface area contributed by atoms with Gasteiger partial charge in [0.2, 0.25) is 0 Å². The van der Waals surface area contributed by atoms with E-state index in [0.717, 1.165) is 11.1 Å². The van der Waals surface area contributed by atoms with Gasteiger partial charge in [0.1, 0.15) is 0 Å². The topological polar surface area (TPSA) is 78.4 Å². The number of amides is 1. The van der Waals surface area contributed by atoms with Crippen LogP contribution in [0.3, 0.4) is 0 Å². The summed E-state index contributed by atoms with van der Waals surface area (Å²) >= 11 is 0. The summed E-state index contributed by atoms with van der Waals surface area (Å²) in [5, 5.41) is 15.4. The van der Waals surface area contributed by atoms with E-state index in [1.807, 2.05) is 31.2 Å². The number of hydrogen-bond donors (Lipinski definition) is 3. The van der Waals surface area contributed by atoms with E-state index in [0.29, 0.717) is 30.9 Å². The summed E-state index contributed by atoms with van der Waals surface area (Å²) in [6.07, 6.45) is 7.99. The Hall–Kier alpha value is -2.66. The molecule has 0 aliphatic heterocycles. The molecule has 5 heteroatoms. The first kappa shape index (κ1) is 22.5. The molecule has 3 N–H and O–H groups in total.